The lowest BCUT2D eigenvalue weighted by molar-refractivity contribution is 0.303. The molecule has 5 heteroatoms. The van der Waals surface area contributed by atoms with Gasteiger partial charge in [0.25, 0.3) is 0 Å². The van der Waals surface area contributed by atoms with Gasteiger partial charge in [0.1, 0.15) is 6.61 Å². The number of halogens is 2. The highest BCUT2D eigenvalue weighted by molar-refractivity contribution is 9.10. The Balaban J connectivity index is 2.10. The molecule has 0 aliphatic carbocycles. The molecule has 0 spiro atoms. The predicted molar refractivity (Wildman–Crippen MR) is 72.1 cm³/mol. The lowest BCUT2D eigenvalue weighted by Gasteiger charge is -2.09. The van der Waals surface area contributed by atoms with Crippen molar-refractivity contribution in [3.8, 4) is 5.75 Å². The summed E-state index contributed by atoms with van der Waals surface area (Å²) in [4.78, 5) is 4.20. The van der Waals surface area contributed by atoms with Gasteiger partial charge in [0, 0.05) is 10.7 Å². The van der Waals surface area contributed by atoms with Gasteiger partial charge in [-0.3, -0.25) is 4.98 Å². The zero-order chi connectivity index (χ0) is 12.3. The number of hydrogen-bond donors (Lipinski definition) is 1. The number of nitrogens with two attached hydrogens (primary N) is 1. The summed E-state index contributed by atoms with van der Waals surface area (Å²) in [6.07, 6.45) is 1.72. The molecule has 17 heavy (non-hydrogen) atoms. The lowest BCUT2D eigenvalue weighted by Crippen LogP contribution is -2.00. The maximum absolute atomic E-state index is 5.99. The predicted octanol–water partition coefficient (Wildman–Crippen LogP) is 3.66. The minimum absolute atomic E-state index is 0.335. The fourth-order valence-corrected chi connectivity index (χ4v) is 1.79. The van der Waals surface area contributed by atoms with Crippen molar-refractivity contribution in [1.29, 1.82) is 0 Å². The first-order valence-electron chi connectivity index (χ1n) is 4.94. The highest BCUT2D eigenvalue weighted by Gasteiger charge is 2.06. The Labute approximate surface area is 113 Å². The van der Waals surface area contributed by atoms with Crippen molar-refractivity contribution < 1.29 is 4.74 Å². The number of para-hydroxylation sites is 1. The number of hydrogen-bond acceptors (Lipinski definition) is 3. The van der Waals surface area contributed by atoms with Gasteiger partial charge in [-0.25, -0.2) is 0 Å². The SMILES string of the molecule is Nc1cccc(Cl)c1OCc1ccc(Br)cn1. The first-order chi connectivity index (χ1) is 8.16. The Morgan fingerprint density at radius 3 is 2.76 bits per heavy atom. The molecule has 1 aromatic carbocycles. The van der Waals surface area contributed by atoms with E-state index < -0.39 is 0 Å². The van der Waals surface area contributed by atoms with Crippen LogP contribution in [-0.2, 0) is 6.61 Å². The van der Waals surface area contributed by atoms with Crippen molar-refractivity contribution in [3.05, 3.63) is 51.7 Å². The average molecular weight is 314 g/mol. The Bertz CT molecular complexity index is 496. The van der Waals surface area contributed by atoms with Gasteiger partial charge in [0.05, 0.1) is 16.4 Å². The molecule has 2 rings (SSSR count). The number of nitrogens with zero attached hydrogens (tertiary/aromatic N) is 1. The van der Waals surface area contributed by atoms with E-state index in [1.807, 2.05) is 12.1 Å². The fourth-order valence-electron chi connectivity index (χ4n) is 1.32. The number of ether oxygens (including phenoxy) is 1. The standard InChI is InChI=1S/C12H10BrClN2O/c13-8-4-5-9(16-6-8)7-17-12-10(14)2-1-3-11(12)15/h1-6H,7,15H2. The van der Waals surface area contributed by atoms with Crippen LogP contribution >= 0.6 is 27.5 Å². The zero-order valence-electron chi connectivity index (χ0n) is 8.86. The van der Waals surface area contributed by atoms with E-state index in [1.54, 1.807) is 24.4 Å². The van der Waals surface area contributed by atoms with E-state index in [0.717, 1.165) is 10.2 Å². The van der Waals surface area contributed by atoms with Crippen LogP contribution in [0.1, 0.15) is 5.69 Å². The lowest BCUT2D eigenvalue weighted by atomic mass is 10.3. The van der Waals surface area contributed by atoms with Crippen LogP contribution in [-0.4, -0.2) is 4.98 Å². The van der Waals surface area contributed by atoms with E-state index in [9.17, 15) is 0 Å². The third-order valence-electron chi connectivity index (χ3n) is 2.15. The summed E-state index contributed by atoms with van der Waals surface area (Å²) >= 11 is 9.31. The second-order valence-corrected chi connectivity index (χ2v) is 4.74. The van der Waals surface area contributed by atoms with E-state index >= 15 is 0 Å². The molecule has 0 aliphatic heterocycles. The van der Waals surface area contributed by atoms with Gasteiger partial charge in [-0.05, 0) is 40.2 Å². The molecular weight excluding hydrogens is 304 g/mol. The van der Waals surface area contributed by atoms with Crippen molar-refractivity contribution >= 4 is 33.2 Å². The second-order valence-electron chi connectivity index (χ2n) is 3.41. The van der Waals surface area contributed by atoms with E-state index in [4.69, 9.17) is 22.1 Å². The van der Waals surface area contributed by atoms with Gasteiger partial charge in [-0.15, -0.1) is 0 Å². The Morgan fingerprint density at radius 2 is 2.12 bits per heavy atom. The molecule has 2 aromatic rings. The molecule has 0 atom stereocenters. The average Bonchev–Trinajstić information content (AvgIpc) is 2.31. The molecule has 0 unspecified atom stereocenters. The van der Waals surface area contributed by atoms with Gasteiger partial charge in [-0.2, -0.15) is 0 Å². The highest BCUT2D eigenvalue weighted by atomic mass is 79.9. The van der Waals surface area contributed by atoms with Crippen LogP contribution in [0.2, 0.25) is 5.02 Å². The molecule has 0 saturated carbocycles. The number of pyridine rings is 1. The van der Waals surface area contributed by atoms with E-state index in [0.29, 0.717) is 23.1 Å². The molecule has 3 nitrogen and oxygen atoms in total. The van der Waals surface area contributed by atoms with Crippen LogP contribution in [0.15, 0.2) is 41.0 Å². The summed E-state index contributed by atoms with van der Waals surface area (Å²) in [5.41, 5.74) is 7.11. The van der Waals surface area contributed by atoms with Crippen LogP contribution in [0.3, 0.4) is 0 Å². The molecule has 88 valence electrons. The topological polar surface area (TPSA) is 48.1 Å². The fraction of sp³-hybridized carbons (Fsp3) is 0.0833. The van der Waals surface area contributed by atoms with Gasteiger partial charge in [0.15, 0.2) is 5.75 Å². The Hall–Kier alpha value is -1.26. The Kier molecular flexibility index (Phi) is 3.86. The summed E-state index contributed by atoms with van der Waals surface area (Å²) in [7, 11) is 0. The van der Waals surface area contributed by atoms with E-state index in [-0.39, 0.29) is 0 Å². The second kappa shape index (κ2) is 5.38. The summed E-state index contributed by atoms with van der Waals surface area (Å²) in [6.45, 7) is 0.335. The zero-order valence-corrected chi connectivity index (χ0v) is 11.2. The number of nitrogen functional groups attached to an aromatic ring is 1. The van der Waals surface area contributed by atoms with Gasteiger partial charge >= 0.3 is 0 Å². The van der Waals surface area contributed by atoms with Crippen molar-refractivity contribution in [2.45, 2.75) is 6.61 Å². The molecule has 0 fully saturated rings. The van der Waals surface area contributed by atoms with Crippen molar-refractivity contribution in [3.63, 3.8) is 0 Å². The summed E-state index contributed by atoms with van der Waals surface area (Å²) in [5, 5.41) is 0.502. The minimum atomic E-state index is 0.335. The molecule has 0 radical (unpaired) electrons. The van der Waals surface area contributed by atoms with Crippen LogP contribution in [0.25, 0.3) is 0 Å². The van der Waals surface area contributed by atoms with E-state index in [1.165, 1.54) is 0 Å². The van der Waals surface area contributed by atoms with Crippen molar-refractivity contribution in [1.82, 2.24) is 4.98 Å². The maximum Gasteiger partial charge on any atom is 0.161 e. The van der Waals surface area contributed by atoms with Crippen LogP contribution in [0.4, 0.5) is 5.69 Å². The van der Waals surface area contributed by atoms with Crippen LogP contribution in [0.5, 0.6) is 5.75 Å². The first kappa shape index (κ1) is 12.2. The quantitative estimate of drug-likeness (QED) is 0.880. The largest absolute Gasteiger partial charge is 0.484 e. The molecule has 0 amide bonds. The third-order valence-corrected chi connectivity index (χ3v) is 2.92. The number of anilines is 1. The first-order valence-corrected chi connectivity index (χ1v) is 6.11. The summed E-state index contributed by atoms with van der Waals surface area (Å²) in [5.74, 6) is 0.499. The molecule has 0 bridgehead atoms. The van der Waals surface area contributed by atoms with Crippen LogP contribution in [0, 0.1) is 0 Å². The molecule has 1 heterocycles. The van der Waals surface area contributed by atoms with Gasteiger partial charge in [0.2, 0.25) is 0 Å². The maximum atomic E-state index is 5.99. The molecule has 0 aliphatic rings. The normalized spacial score (nSPS) is 10.2. The number of rotatable bonds is 3. The molecule has 0 saturated heterocycles. The third kappa shape index (κ3) is 3.11. The monoisotopic (exact) mass is 312 g/mol. The van der Waals surface area contributed by atoms with Crippen LogP contribution < -0.4 is 10.5 Å². The Morgan fingerprint density at radius 1 is 1.29 bits per heavy atom. The van der Waals surface area contributed by atoms with Crippen molar-refractivity contribution in [2.24, 2.45) is 0 Å². The van der Waals surface area contributed by atoms with Gasteiger partial charge < -0.3 is 10.5 Å². The molecule has 1 aromatic heterocycles. The number of aromatic nitrogens is 1. The summed E-state index contributed by atoms with van der Waals surface area (Å²) in [6, 6.07) is 9.04. The smallest absolute Gasteiger partial charge is 0.161 e. The molecule has 2 N–H and O–H groups in total. The highest BCUT2D eigenvalue weighted by Crippen LogP contribution is 2.31. The van der Waals surface area contributed by atoms with E-state index in [2.05, 4.69) is 20.9 Å². The van der Waals surface area contributed by atoms with Crippen molar-refractivity contribution in [2.75, 3.05) is 5.73 Å². The number of benzene rings is 1. The van der Waals surface area contributed by atoms with Gasteiger partial charge in [-0.1, -0.05) is 17.7 Å². The molecular formula is C12H10BrClN2O. The minimum Gasteiger partial charge on any atom is -0.484 e. The summed E-state index contributed by atoms with van der Waals surface area (Å²) < 4.78 is 6.49.